The molecule has 1 aromatic heterocycles. The number of hydrogen-bond donors (Lipinski definition) is 2. The minimum Gasteiger partial charge on any atom is -0.497 e. The third kappa shape index (κ3) is 4.37. The number of methoxy groups -OCH3 is 2. The number of benzene rings is 2. The Morgan fingerprint density at radius 3 is 2.47 bits per heavy atom. The molecule has 3 aromatic rings. The lowest BCUT2D eigenvalue weighted by atomic mass is 9.89. The number of amides is 1. The molecule has 0 bridgehead atoms. The summed E-state index contributed by atoms with van der Waals surface area (Å²) in [5.41, 5.74) is 2.67. The molecular weight excluding hydrogens is 454 g/mol. The maximum atomic E-state index is 13.2. The Labute approximate surface area is 199 Å². The average molecular weight is 484 g/mol. The molecule has 0 radical (unpaired) electrons. The van der Waals surface area contributed by atoms with Crippen molar-refractivity contribution in [3.8, 4) is 11.5 Å². The Morgan fingerprint density at radius 1 is 1.03 bits per heavy atom. The topological polar surface area (TPSA) is 101 Å². The molecule has 1 aliphatic carbocycles. The average Bonchev–Trinajstić information content (AvgIpc) is 3.57. The van der Waals surface area contributed by atoms with Crippen molar-refractivity contribution in [2.24, 2.45) is 0 Å². The zero-order valence-electron chi connectivity index (χ0n) is 19.3. The minimum atomic E-state index is -3.75. The first kappa shape index (κ1) is 22.7. The van der Waals surface area contributed by atoms with Crippen LogP contribution >= 0.6 is 0 Å². The fraction of sp³-hybridized carbons (Fsp3) is 0.400. The minimum absolute atomic E-state index is 0.00961. The zero-order chi connectivity index (χ0) is 23.9. The number of carbonyl (C=O) groups excluding carboxylic acids is 1. The van der Waals surface area contributed by atoms with Gasteiger partial charge in [-0.25, -0.2) is 13.1 Å². The van der Waals surface area contributed by atoms with Crippen LogP contribution in [0.5, 0.6) is 11.5 Å². The Hall–Kier alpha value is -3.04. The third-order valence-electron chi connectivity index (χ3n) is 6.74. The van der Waals surface area contributed by atoms with Gasteiger partial charge in [0.25, 0.3) is 5.91 Å². The van der Waals surface area contributed by atoms with Crippen LogP contribution in [-0.2, 0) is 10.0 Å². The Balaban J connectivity index is 1.32. The molecule has 5 rings (SSSR count). The molecule has 0 unspecified atom stereocenters. The lowest BCUT2D eigenvalue weighted by Crippen LogP contribution is -2.38. The van der Waals surface area contributed by atoms with Gasteiger partial charge in [0, 0.05) is 41.8 Å². The van der Waals surface area contributed by atoms with Crippen molar-refractivity contribution >= 4 is 26.8 Å². The highest BCUT2D eigenvalue weighted by Gasteiger charge is 2.31. The number of nitrogens with zero attached hydrogens (tertiary/aromatic N) is 1. The molecule has 9 heteroatoms. The van der Waals surface area contributed by atoms with E-state index >= 15 is 0 Å². The van der Waals surface area contributed by atoms with E-state index in [1.807, 2.05) is 18.2 Å². The molecule has 8 nitrogen and oxygen atoms in total. The number of fused-ring (bicyclic) bond motifs is 1. The SMILES string of the molecule is COc1ccc2[nH]cc(C3CCN(C(=O)c4ccc(OC)c(S(=O)(=O)NC5CC5)c4)CC3)c2c1. The number of piperidine rings is 1. The van der Waals surface area contributed by atoms with Crippen LogP contribution in [0.3, 0.4) is 0 Å². The monoisotopic (exact) mass is 483 g/mol. The van der Waals surface area contributed by atoms with Gasteiger partial charge in [0.1, 0.15) is 16.4 Å². The lowest BCUT2D eigenvalue weighted by Gasteiger charge is -2.32. The summed E-state index contributed by atoms with van der Waals surface area (Å²) in [6, 6.07) is 10.6. The molecular formula is C25H29N3O5S. The van der Waals surface area contributed by atoms with Gasteiger partial charge in [-0.2, -0.15) is 0 Å². The third-order valence-corrected chi connectivity index (χ3v) is 8.28. The Morgan fingerprint density at radius 2 is 1.79 bits per heavy atom. The first-order valence-electron chi connectivity index (χ1n) is 11.5. The normalized spacial score (nSPS) is 17.2. The van der Waals surface area contributed by atoms with Gasteiger partial charge in [-0.05, 0) is 73.6 Å². The number of aromatic amines is 1. The second kappa shape index (κ2) is 8.96. The maximum absolute atomic E-state index is 13.2. The van der Waals surface area contributed by atoms with Crippen LogP contribution in [0.15, 0.2) is 47.5 Å². The van der Waals surface area contributed by atoms with Gasteiger partial charge in [-0.15, -0.1) is 0 Å². The first-order valence-corrected chi connectivity index (χ1v) is 13.0. The van der Waals surface area contributed by atoms with Crippen LogP contribution in [0.1, 0.15) is 47.5 Å². The summed E-state index contributed by atoms with van der Waals surface area (Å²) in [5, 5.41) is 1.15. The predicted octanol–water partition coefficient (Wildman–Crippen LogP) is 3.65. The van der Waals surface area contributed by atoms with Crippen LogP contribution < -0.4 is 14.2 Å². The van der Waals surface area contributed by atoms with E-state index in [4.69, 9.17) is 9.47 Å². The van der Waals surface area contributed by atoms with E-state index in [0.29, 0.717) is 24.6 Å². The number of hydrogen-bond acceptors (Lipinski definition) is 5. The van der Waals surface area contributed by atoms with E-state index in [0.717, 1.165) is 42.3 Å². The number of carbonyl (C=O) groups is 1. The van der Waals surface area contributed by atoms with Crippen molar-refractivity contribution in [2.45, 2.75) is 42.5 Å². The molecule has 1 saturated heterocycles. The fourth-order valence-electron chi connectivity index (χ4n) is 4.67. The summed E-state index contributed by atoms with van der Waals surface area (Å²) >= 11 is 0. The zero-order valence-corrected chi connectivity index (χ0v) is 20.2. The van der Waals surface area contributed by atoms with E-state index in [2.05, 4.69) is 15.9 Å². The number of rotatable bonds is 7. The summed E-state index contributed by atoms with van der Waals surface area (Å²) in [6.45, 7) is 1.21. The maximum Gasteiger partial charge on any atom is 0.253 e. The van der Waals surface area contributed by atoms with Gasteiger partial charge in [0.05, 0.1) is 14.2 Å². The second-order valence-corrected chi connectivity index (χ2v) is 10.7. The predicted molar refractivity (Wildman–Crippen MR) is 129 cm³/mol. The van der Waals surface area contributed by atoms with Gasteiger partial charge in [0.2, 0.25) is 10.0 Å². The van der Waals surface area contributed by atoms with Crippen molar-refractivity contribution in [2.75, 3.05) is 27.3 Å². The van der Waals surface area contributed by atoms with Gasteiger partial charge >= 0.3 is 0 Å². The highest BCUT2D eigenvalue weighted by molar-refractivity contribution is 7.89. The molecule has 0 spiro atoms. The summed E-state index contributed by atoms with van der Waals surface area (Å²) in [6.07, 6.45) is 5.39. The van der Waals surface area contributed by atoms with E-state index in [1.54, 1.807) is 24.1 Å². The molecule has 2 N–H and O–H groups in total. The summed E-state index contributed by atoms with van der Waals surface area (Å²) in [5.74, 6) is 1.23. The van der Waals surface area contributed by atoms with E-state index in [1.165, 1.54) is 18.7 Å². The van der Waals surface area contributed by atoms with Crippen LogP contribution in [0, 0.1) is 0 Å². The number of sulfonamides is 1. The molecule has 34 heavy (non-hydrogen) atoms. The number of likely N-dealkylation sites (tertiary alicyclic amines) is 1. The Kier molecular flexibility index (Phi) is 5.99. The molecule has 1 aliphatic heterocycles. The number of ether oxygens (including phenoxy) is 2. The van der Waals surface area contributed by atoms with E-state index in [-0.39, 0.29) is 22.6 Å². The molecule has 2 aliphatic rings. The van der Waals surface area contributed by atoms with Crippen LogP contribution in [0.25, 0.3) is 10.9 Å². The number of aromatic nitrogens is 1. The van der Waals surface area contributed by atoms with Crippen LogP contribution in [0.4, 0.5) is 0 Å². The Bertz CT molecular complexity index is 1320. The molecule has 2 heterocycles. The quantitative estimate of drug-likeness (QED) is 0.534. The second-order valence-electron chi connectivity index (χ2n) is 8.98. The van der Waals surface area contributed by atoms with Gasteiger partial charge in [-0.1, -0.05) is 0 Å². The van der Waals surface area contributed by atoms with Gasteiger partial charge < -0.3 is 19.4 Å². The van der Waals surface area contributed by atoms with Crippen LogP contribution in [0.2, 0.25) is 0 Å². The van der Waals surface area contributed by atoms with Crippen molar-refractivity contribution in [3.63, 3.8) is 0 Å². The van der Waals surface area contributed by atoms with Crippen molar-refractivity contribution in [3.05, 3.63) is 53.7 Å². The molecule has 2 aromatic carbocycles. The van der Waals surface area contributed by atoms with Crippen molar-refractivity contribution in [1.29, 1.82) is 0 Å². The van der Waals surface area contributed by atoms with Crippen molar-refractivity contribution < 1.29 is 22.7 Å². The number of nitrogens with one attached hydrogen (secondary N) is 2. The van der Waals surface area contributed by atoms with E-state index in [9.17, 15) is 13.2 Å². The summed E-state index contributed by atoms with van der Waals surface area (Å²) in [7, 11) is -0.660. The lowest BCUT2D eigenvalue weighted by molar-refractivity contribution is 0.0713. The largest absolute Gasteiger partial charge is 0.497 e. The van der Waals surface area contributed by atoms with Crippen LogP contribution in [-0.4, -0.2) is 57.6 Å². The highest BCUT2D eigenvalue weighted by Crippen LogP contribution is 2.35. The molecule has 180 valence electrons. The number of H-pyrrole nitrogens is 1. The summed E-state index contributed by atoms with van der Waals surface area (Å²) in [4.78, 5) is 18.4. The standard InChI is InChI=1S/C25H29N3O5S/c1-32-19-6-7-22-20(14-19)21(15-26-22)16-9-11-28(12-10-16)25(29)17-3-8-23(33-2)24(13-17)34(30,31)27-18-4-5-18/h3,6-8,13-16,18,26-27H,4-5,9-12H2,1-2H3. The molecule has 2 fully saturated rings. The van der Waals surface area contributed by atoms with Crippen molar-refractivity contribution in [1.82, 2.24) is 14.6 Å². The first-order chi connectivity index (χ1) is 16.4. The fourth-order valence-corrected chi connectivity index (χ4v) is 6.17. The van der Waals surface area contributed by atoms with Gasteiger partial charge in [-0.3, -0.25) is 4.79 Å². The summed E-state index contributed by atoms with van der Waals surface area (Å²) < 4.78 is 38.9. The molecule has 1 saturated carbocycles. The van der Waals surface area contributed by atoms with E-state index < -0.39 is 10.0 Å². The smallest absolute Gasteiger partial charge is 0.253 e. The highest BCUT2D eigenvalue weighted by atomic mass is 32.2. The van der Waals surface area contributed by atoms with Gasteiger partial charge in [0.15, 0.2) is 0 Å². The molecule has 1 amide bonds. The molecule has 0 atom stereocenters.